The third kappa shape index (κ3) is 3.48. The molecular weight excluding hydrogens is 316 g/mol. The van der Waals surface area contributed by atoms with Crippen molar-refractivity contribution in [2.24, 2.45) is 0 Å². The van der Waals surface area contributed by atoms with Crippen LogP contribution in [0.1, 0.15) is 23.7 Å². The SMILES string of the molecule is Cc1cc(N2CCCOCC2c2cc(O)ccc2Cl)nc(N)n1. The lowest BCUT2D eigenvalue weighted by atomic mass is 10.1. The summed E-state index contributed by atoms with van der Waals surface area (Å²) in [5, 5.41) is 10.4. The van der Waals surface area contributed by atoms with E-state index in [0.29, 0.717) is 18.2 Å². The molecular formula is C16H19ClN4O2. The number of phenolic OH excluding ortho intramolecular Hbond substituents is 1. The van der Waals surface area contributed by atoms with Gasteiger partial charge in [0.25, 0.3) is 0 Å². The first kappa shape index (κ1) is 15.8. The summed E-state index contributed by atoms with van der Waals surface area (Å²) in [4.78, 5) is 10.6. The van der Waals surface area contributed by atoms with Gasteiger partial charge in [0.1, 0.15) is 11.6 Å². The van der Waals surface area contributed by atoms with E-state index < -0.39 is 0 Å². The van der Waals surface area contributed by atoms with Gasteiger partial charge in [0, 0.05) is 29.9 Å². The van der Waals surface area contributed by atoms with Crippen molar-refractivity contribution >= 4 is 23.4 Å². The topological polar surface area (TPSA) is 84.5 Å². The van der Waals surface area contributed by atoms with Gasteiger partial charge in [-0.1, -0.05) is 11.6 Å². The summed E-state index contributed by atoms with van der Waals surface area (Å²) in [6.45, 7) is 3.77. The van der Waals surface area contributed by atoms with E-state index in [1.54, 1.807) is 18.2 Å². The van der Waals surface area contributed by atoms with Crippen LogP contribution >= 0.6 is 11.6 Å². The zero-order valence-corrected chi connectivity index (χ0v) is 13.6. The molecule has 122 valence electrons. The van der Waals surface area contributed by atoms with Crippen molar-refractivity contribution in [3.05, 3.63) is 40.5 Å². The van der Waals surface area contributed by atoms with Crippen LogP contribution in [0.25, 0.3) is 0 Å². The maximum Gasteiger partial charge on any atom is 0.222 e. The second-order valence-electron chi connectivity index (χ2n) is 5.57. The first-order valence-corrected chi connectivity index (χ1v) is 7.86. The van der Waals surface area contributed by atoms with Crippen molar-refractivity contribution in [3.8, 4) is 5.75 Å². The number of benzene rings is 1. The Kier molecular flexibility index (Phi) is 4.54. The van der Waals surface area contributed by atoms with Crippen molar-refractivity contribution in [1.82, 2.24) is 9.97 Å². The molecule has 1 aliphatic heterocycles. The van der Waals surface area contributed by atoms with E-state index in [-0.39, 0.29) is 17.7 Å². The Labute approximate surface area is 139 Å². The van der Waals surface area contributed by atoms with Crippen molar-refractivity contribution in [1.29, 1.82) is 0 Å². The molecule has 1 fully saturated rings. The van der Waals surface area contributed by atoms with Crippen LogP contribution in [0.15, 0.2) is 24.3 Å². The van der Waals surface area contributed by atoms with Gasteiger partial charge in [-0.3, -0.25) is 0 Å². The molecule has 1 aliphatic rings. The Bertz CT molecular complexity index is 690. The van der Waals surface area contributed by atoms with Gasteiger partial charge in [0.05, 0.1) is 12.6 Å². The van der Waals surface area contributed by atoms with Crippen LogP contribution in [0.5, 0.6) is 5.75 Å². The average Bonchev–Trinajstić information content (AvgIpc) is 2.74. The van der Waals surface area contributed by atoms with Gasteiger partial charge in [-0.15, -0.1) is 0 Å². The molecule has 2 heterocycles. The van der Waals surface area contributed by atoms with Crippen LogP contribution in [0, 0.1) is 6.92 Å². The highest BCUT2D eigenvalue weighted by Crippen LogP contribution is 2.34. The van der Waals surface area contributed by atoms with Crippen LogP contribution in [-0.2, 0) is 4.74 Å². The van der Waals surface area contributed by atoms with E-state index >= 15 is 0 Å². The molecule has 0 spiro atoms. The van der Waals surface area contributed by atoms with Crippen molar-refractivity contribution in [2.75, 3.05) is 30.4 Å². The lowest BCUT2D eigenvalue weighted by molar-refractivity contribution is 0.134. The van der Waals surface area contributed by atoms with Crippen molar-refractivity contribution in [2.45, 2.75) is 19.4 Å². The number of aromatic hydroxyl groups is 1. The number of ether oxygens (including phenoxy) is 1. The number of nitrogens with two attached hydrogens (primary N) is 1. The van der Waals surface area contributed by atoms with Crippen molar-refractivity contribution in [3.63, 3.8) is 0 Å². The monoisotopic (exact) mass is 334 g/mol. The summed E-state index contributed by atoms with van der Waals surface area (Å²) in [7, 11) is 0. The lowest BCUT2D eigenvalue weighted by Gasteiger charge is -2.31. The van der Waals surface area contributed by atoms with E-state index in [0.717, 1.165) is 30.0 Å². The highest BCUT2D eigenvalue weighted by Gasteiger charge is 2.27. The van der Waals surface area contributed by atoms with Gasteiger partial charge in [0.2, 0.25) is 5.95 Å². The normalized spacial score (nSPS) is 18.7. The molecule has 0 radical (unpaired) electrons. The van der Waals surface area contributed by atoms with Crippen molar-refractivity contribution < 1.29 is 9.84 Å². The number of aryl methyl sites for hydroxylation is 1. The van der Waals surface area contributed by atoms with Crippen LogP contribution in [0.2, 0.25) is 5.02 Å². The predicted molar refractivity (Wildman–Crippen MR) is 89.8 cm³/mol. The number of nitrogen functional groups attached to an aromatic ring is 1. The molecule has 3 rings (SSSR count). The maximum atomic E-state index is 9.82. The number of halogens is 1. The molecule has 1 aromatic heterocycles. The second-order valence-corrected chi connectivity index (χ2v) is 5.98. The minimum absolute atomic E-state index is 0.147. The van der Waals surface area contributed by atoms with Gasteiger partial charge in [0.15, 0.2) is 0 Å². The first-order chi connectivity index (χ1) is 11.0. The molecule has 3 N–H and O–H groups in total. The molecule has 0 aliphatic carbocycles. The van der Waals surface area contributed by atoms with Crippen LogP contribution in [0.4, 0.5) is 11.8 Å². The third-order valence-electron chi connectivity index (χ3n) is 3.83. The molecule has 23 heavy (non-hydrogen) atoms. The summed E-state index contributed by atoms with van der Waals surface area (Å²) in [5.41, 5.74) is 7.41. The summed E-state index contributed by atoms with van der Waals surface area (Å²) >= 11 is 6.35. The average molecular weight is 335 g/mol. The molecule has 0 saturated carbocycles. The predicted octanol–water partition coefficient (Wildman–Crippen LogP) is 2.69. The fourth-order valence-corrected chi connectivity index (χ4v) is 3.06. The van der Waals surface area contributed by atoms with E-state index in [1.165, 1.54) is 0 Å². The minimum atomic E-state index is -0.147. The zero-order chi connectivity index (χ0) is 16.4. The molecule has 1 saturated heterocycles. The fraction of sp³-hybridized carbons (Fsp3) is 0.375. The number of nitrogens with zero attached hydrogens (tertiary/aromatic N) is 3. The summed E-state index contributed by atoms with van der Waals surface area (Å²) in [6, 6.07) is 6.68. The number of rotatable bonds is 2. The van der Waals surface area contributed by atoms with Crippen LogP contribution in [-0.4, -0.2) is 34.8 Å². The van der Waals surface area contributed by atoms with E-state index in [9.17, 15) is 5.11 Å². The van der Waals surface area contributed by atoms with Gasteiger partial charge in [-0.05, 0) is 37.1 Å². The molecule has 7 heteroatoms. The maximum absolute atomic E-state index is 9.82. The molecule has 0 bridgehead atoms. The second kappa shape index (κ2) is 6.60. The highest BCUT2D eigenvalue weighted by molar-refractivity contribution is 6.31. The van der Waals surface area contributed by atoms with E-state index in [4.69, 9.17) is 22.1 Å². The molecule has 6 nitrogen and oxygen atoms in total. The Morgan fingerprint density at radius 2 is 2.17 bits per heavy atom. The van der Waals surface area contributed by atoms with E-state index in [2.05, 4.69) is 14.9 Å². The smallest absolute Gasteiger partial charge is 0.222 e. The van der Waals surface area contributed by atoms with E-state index in [1.807, 2.05) is 13.0 Å². The summed E-state index contributed by atoms with van der Waals surface area (Å²) in [5.74, 6) is 1.16. The quantitative estimate of drug-likeness (QED) is 0.878. The fourth-order valence-electron chi connectivity index (χ4n) is 2.82. The Hall–Kier alpha value is -2.05. The van der Waals surface area contributed by atoms with Gasteiger partial charge in [-0.25, -0.2) is 4.98 Å². The number of aromatic nitrogens is 2. The zero-order valence-electron chi connectivity index (χ0n) is 12.9. The number of phenols is 1. The standard InChI is InChI=1S/C16H19ClN4O2/c1-10-7-15(20-16(18)19-10)21-5-2-6-23-9-14(21)12-8-11(22)3-4-13(12)17/h3-4,7-8,14,22H,2,5-6,9H2,1H3,(H2,18,19,20). The number of hydrogen-bond acceptors (Lipinski definition) is 6. The first-order valence-electron chi connectivity index (χ1n) is 7.48. The number of anilines is 2. The molecule has 1 atom stereocenters. The van der Waals surface area contributed by atoms with Gasteiger partial charge < -0.3 is 20.5 Å². The van der Waals surface area contributed by atoms with Crippen LogP contribution < -0.4 is 10.6 Å². The Balaban J connectivity index is 2.05. The molecule has 2 aromatic rings. The lowest BCUT2D eigenvalue weighted by Crippen LogP contribution is -2.32. The summed E-state index contributed by atoms with van der Waals surface area (Å²) < 4.78 is 5.71. The van der Waals surface area contributed by atoms with Crippen LogP contribution in [0.3, 0.4) is 0 Å². The largest absolute Gasteiger partial charge is 0.508 e. The Morgan fingerprint density at radius 3 is 2.96 bits per heavy atom. The number of hydrogen-bond donors (Lipinski definition) is 2. The minimum Gasteiger partial charge on any atom is -0.508 e. The summed E-state index contributed by atoms with van der Waals surface area (Å²) in [6.07, 6.45) is 0.871. The molecule has 1 unspecified atom stereocenters. The highest BCUT2D eigenvalue weighted by atomic mass is 35.5. The van der Waals surface area contributed by atoms with Gasteiger partial charge >= 0.3 is 0 Å². The van der Waals surface area contributed by atoms with Gasteiger partial charge in [-0.2, -0.15) is 4.98 Å². The molecule has 1 aromatic carbocycles. The molecule has 0 amide bonds. The Morgan fingerprint density at radius 1 is 1.35 bits per heavy atom. The third-order valence-corrected chi connectivity index (χ3v) is 4.17.